The van der Waals surface area contributed by atoms with E-state index in [-0.39, 0.29) is 23.7 Å². The molecule has 0 bridgehead atoms. The number of amides is 2. The van der Waals surface area contributed by atoms with Crippen LogP contribution in [0.4, 0.5) is 5.69 Å². The van der Waals surface area contributed by atoms with E-state index in [1.54, 1.807) is 0 Å². The second-order valence-corrected chi connectivity index (χ2v) is 7.48. The van der Waals surface area contributed by atoms with Gasteiger partial charge in [-0.05, 0) is 62.5 Å². The number of carbonyl (C=O) groups is 2. The summed E-state index contributed by atoms with van der Waals surface area (Å²) in [6, 6.07) is 6.67. The summed E-state index contributed by atoms with van der Waals surface area (Å²) in [6.45, 7) is 4.24. The Labute approximate surface area is 150 Å². The van der Waals surface area contributed by atoms with Gasteiger partial charge in [0.25, 0.3) is 0 Å². The molecule has 0 atom stereocenters. The molecular formula is C21H30N2O2. The highest BCUT2D eigenvalue weighted by Gasteiger charge is 2.32. The molecule has 4 nitrogen and oxygen atoms in total. The van der Waals surface area contributed by atoms with Gasteiger partial charge in [-0.2, -0.15) is 0 Å². The second-order valence-electron chi connectivity index (χ2n) is 7.48. The molecule has 2 aliphatic carbocycles. The minimum atomic E-state index is 0.0274. The Balaban J connectivity index is 1.57. The van der Waals surface area contributed by atoms with Crippen molar-refractivity contribution in [3.63, 3.8) is 0 Å². The number of nitrogens with one attached hydrogen (secondary N) is 2. The molecule has 2 amide bonds. The number of hydrogen-bond donors (Lipinski definition) is 2. The molecule has 3 rings (SSSR count). The summed E-state index contributed by atoms with van der Waals surface area (Å²) in [5.74, 6) is 0.445. The lowest BCUT2D eigenvalue weighted by molar-refractivity contribution is -0.128. The highest BCUT2D eigenvalue weighted by Crippen LogP contribution is 2.32. The van der Waals surface area contributed by atoms with Crippen LogP contribution in [-0.4, -0.2) is 17.9 Å². The minimum Gasteiger partial charge on any atom is -0.353 e. The van der Waals surface area contributed by atoms with Crippen molar-refractivity contribution in [2.24, 2.45) is 11.8 Å². The van der Waals surface area contributed by atoms with E-state index in [4.69, 9.17) is 0 Å². The molecule has 0 radical (unpaired) electrons. The molecule has 0 aliphatic heterocycles. The number of para-hydroxylation sites is 1. The lowest BCUT2D eigenvalue weighted by atomic mass is 9.81. The molecule has 0 saturated heterocycles. The van der Waals surface area contributed by atoms with Crippen LogP contribution in [0.15, 0.2) is 18.2 Å². The largest absolute Gasteiger partial charge is 0.353 e. The second kappa shape index (κ2) is 8.03. The van der Waals surface area contributed by atoms with Gasteiger partial charge in [0.2, 0.25) is 11.8 Å². The molecule has 1 aromatic rings. The van der Waals surface area contributed by atoms with Gasteiger partial charge in [-0.25, -0.2) is 0 Å². The third-order valence-corrected chi connectivity index (χ3v) is 5.64. The highest BCUT2D eigenvalue weighted by molar-refractivity contribution is 5.94. The number of carbonyl (C=O) groups excluding carboxylic acids is 2. The summed E-state index contributed by atoms with van der Waals surface area (Å²) in [4.78, 5) is 24.9. The van der Waals surface area contributed by atoms with Crippen molar-refractivity contribution in [2.75, 3.05) is 5.32 Å². The average molecular weight is 342 g/mol. The fourth-order valence-corrected chi connectivity index (χ4v) is 3.79. The van der Waals surface area contributed by atoms with E-state index >= 15 is 0 Å². The van der Waals surface area contributed by atoms with Gasteiger partial charge in [0.05, 0.1) is 0 Å². The normalized spacial score (nSPS) is 23.1. The molecule has 0 unspecified atom stereocenters. The number of hydrogen-bond acceptors (Lipinski definition) is 2. The Morgan fingerprint density at radius 1 is 0.880 bits per heavy atom. The Morgan fingerprint density at radius 3 is 1.88 bits per heavy atom. The molecule has 2 aliphatic rings. The van der Waals surface area contributed by atoms with E-state index in [1.807, 2.05) is 0 Å². The van der Waals surface area contributed by atoms with E-state index in [9.17, 15) is 9.59 Å². The monoisotopic (exact) mass is 342 g/mol. The van der Waals surface area contributed by atoms with Crippen molar-refractivity contribution in [1.29, 1.82) is 0 Å². The van der Waals surface area contributed by atoms with Gasteiger partial charge in [0.1, 0.15) is 0 Å². The van der Waals surface area contributed by atoms with Crippen LogP contribution in [0.5, 0.6) is 0 Å². The zero-order valence-electron chi connectivity index (χ0n) is 15.4. The van der Waals surface area contributed by atoms with Gasteiger partial charge in [-0.15, -0.1) is 0 Å². The molecule has 1 aromatic carbocycles. The van der Waals surface area contributed by atoms with Crippen molar-refractivity contribution < 1.29 is 9.59 Å². The van der Waals surface area contributed by atoms with Crippen LogP contribution in [-0.2, 0) is 22.4 Å². The van der Waals surface area contributed by atoms with E-state index in [1.165, 1.54) is 11.1 Å². The van der Waals surface area contributed by atoms with Gasteiger partial charge in [0, 0.05) is 23.6 Å². The van der Waals surface area contributed by atoms with Crippen molar-refractivity contribution >= 4 is 17.5 Å². The first-order valence-corrected chi connectivity index (χ1v) is 9.84. The van der Waals surface area contributed by atoms with Gasteiger partial charge in [-0.3, -0.25) is 9.59 Å². The van der Waals surface area contributed by atoms with E-state index in [0.717, 1.165) is 57.1 Å². The van der Waals surface area contributed by atoms with Gasteiger partial charge in [-0.1, -0.05) is 32.0 Å². The van der Waals surface area contributed by atoms with E-state index in [2.05, 4.69) is 42.7 Å². The van der Waals surface area contributed by atoms with Gasteiger partial charge < -0.3 is 10.6 Å². The summed E-state index contributed by atoms with van der Waals surface area (Å²) in [5.41, 5.74) is 3.40. The number of benzene rings is 1. The van der Waals surface area contributed by atoms with Crippen molar-refractivity contribution in [2.45, 2.75) is 71.3 Å². The zero-order chi connectivity index (χ0) is 17.8. The zero-order valence-corrected chi connectivity index (χ0v) is 15.4. The van der Waals surface area contributed by atoms with Crippen LogP contribution in [0.2, 0.25) is 0 Å². The standard InChI is InChI=1S/C21H30N2O2/c1-3-14-6-5-7-15(4-2)19(14)23-21(25)17-10-8-16(9-11-17)20(24)22-18-12-13-18/h5-7,16-18H,3-4,8-13H2,1-2H3,(H,22,24)(H,23,25). The maximum Gasteiger partial charge on any atom is 0.227 e. The van der Waals surface area contributed by atoms with Crippen LogP contribution >= 0.6 is 0 Å². The summed E-state index contributed by atoms with van der Waals surface area (Å²) in [7, 11) is 0. The molecule has 0 spiro atoms. The smallest absolute Gasteiger partial charge is 0.227 e. The summed E-state index contributed by atoms with van der Waals surface area (Å²) in [5, 5.41) is 6.30. The summed E-state index contributed by atoms with van der Waals surface area (Å²) < 4.78 is 0. The highest BCUT2D eigenvalue weighted by atomic mass is 16.2. The van der Waals surface area contributed by atoms with Crippen molar-refractivity contribution in [1.82, 2.24) is 5.32 Å². The van der Waals surface area contributed by atoms with Crippen molar-refractivity contribution in [3.8, 4) is 0 Å². The van der Waals surface area contributed by atoms with Crippen LogP contribution in [0.1, 0.15) is 63.5 Å². The fourth-order valence-electron chi connectivity index (χ4n) is 3.79. The topological polar surface area (TPSA) is 58.2 Å². The van der Waals surface area contributed by atoms with Crippen LogP contribution in [0.3, 0.4) is 0 Å². The first kappa shape index (κ1) is 18.0. The van der Waals surface area contributed by atoms with E-state index in [0.29, 0.717) is 6.04 Å². The lowest BCUT2D eigenvalue weighted by Crippen LogP contribution is -2.36. The maximum atomic E-state index is 12.8. The first-order valence-electron chi connectivity index (χ1n) is 9.84. The third-order valence-electron chi connectivity index (χ3n) is 5.64. The molecular weight excluding hydrogens is 312 g/mol. The average Bonchev–Trinajstić information content (AvgIpc) is 3.45. The molecule has 2 fully saturated rings. The Kier molecular flexibility index (Phi) is 5.77. The summed E-state index contributed by atoms with van der Waals surface area (Å²) in [6.07, 6.45) is 7.35. The molecule has 25 heavy (non-hydrogen) atoms. The Hall–Kier alpha value is -1.84. The summed E-state index contributed by atoms with van der Waals surface area (Å²) >= 11 is 0. The van der Waals surface area contributed by atoms with Crippen LogP contribution < -0.4 is 10.6 Å². The van der Waals surface area contributed by atoms with Crippen LogP contribution in [0.25, 0.3) is 0 Å². The quantitative estimate of drug-likeness (QED) is 0.825. The number of anilines is 1. The maximum absolute atomic E-state index is 12.8. The molecule has 136 valence electrons. The number of rotatable bonds is 6. The molecule has 0 heterocycles. The van der Waals surface area contributed by atoms with Crippen LogP contribution in [0, 0.1) is 11.8 Å². The predicted octanol–water partition coefficient (Wildman–Crippen LogP) is 3.83. The third kappa shape index (κ3) is 4.42. The van der Waals surface area contributed by atoms with Gasteiger partial charge in [0.15, 0.2) is 0 Å². The fraction of sp³-hybridized carbons (Fsp3) is 0.619. The Bertz CT molecular complexity index is 607. The SMILES string of the molecule is CCc1cccc(CC)c1NC(=O)C1CCC(C(=O)NC2CC2)CC1. The minimum absolute atomic E-state index is 0.0274. The number of aryl methyl sites for hydroxylation is 2. The lowest BCUT2D eigenvalue weighted by Gasteiger charge is -2.27. The predicted molar refractivity (Wildman–Crippen MR) is 100 cm³/mol. The first-order chi connectivity index (χ1) is 12.1. The molecule has 2 saturated carbocycles. The molecule has 4 heteroatoms. The van der Waals surface area contributed by atoms with E-state index < -0.39 is 0 Å². The molecule has 0 aromatic heterocycles. The van der Waals surface area contributed by atoms with Gasteiger partial charge >= 0.3 is 0 Å². The van der Waals surface area contributed by atoms with Crippen molar-refractivity contribution in [3.05, 3.63) is 29.3 Å². The Morgan fingerprint density at radius 2 is 1.40 bits per heavy atom. The molecule has 2 N–H and O–H groups in total.